The Balaban J connectivity index is 1.43. The Morgan fingerprint density at radius 1 is 1.06 bits per heavy atom. The SMILES string of the molecule is C[C@@H]1CCc2c(sc(NC(=O)[C@H]3[C@@H](C(=O)O)[C@H]4C=C[C@H]3C4)c2C(=O)NC2CCCC2)C1. The zero-order chi connectivity index (χ0) is 21.7. The average Bonchev–Trinajstić information content (AvgIpc) is 3.50. The Hall–Kier alpha value is -2.15. The van der Waals surface area contributed by atoms with Crippen LogP contribution in [0.3, 0.4) is 0 Å². The lowest BCUT2D eigenvalue weighted by Gasteiger charge is -2.24. The molecule has 2 amide bonds. The third-order valence-corrected chi connectivity index (χ3v) is 8.88. The fraction of sp³-hybridized carbons (Fsp3) is 0.625. The maximum atomic E-state index is 13.3. The molecular formula is C24H30N2O4S. The average molecular weight is 443 g/mol. The third-order valence-electron chi connectivity index (χ3n) is 7.71. The molecule has 7 heteroatoms. The molecule has 31 heavy (non-hydrogen) atoms. The largest absolute Gasteiger partial charge is 0.481 e. The highest BCUT2D eigenvalue weighted by atomic mass is 32.1. The summed E-state index contributed by atoms with van der Waals surface area (Å²) in [5.41, 5.74) is 1.70. The van der Waals surface area contributed by atoms with Crippen LogP contribution in [0.25, 0.3) is 0 Å². The number of thiophene rings is 1. The van der Waals surface area contributed by atoms with E-state index in [2.05, 4.69) is 17.6 Å². The van der Waals surface area contributed by atoms with E-state index in [1.165, 1.54) is 16.2 Å². The van der Waals surface area contributed by atoms with Gasteiger partial charge in [-0.1, -0.05) is 31.9 Å². The van der Waals surface area contributed by atoms with Crippen LogP contribution in [-0.2, 0) is 22.4 Å². The number of anilines is 1. The second kappa shape index (κ2) is 8.08. The number of nitrogens with one attached hydrogen (secondary N) is 2. The summed E-state index contributed by atoms with van der Waals surface area (Å²) in [5.74, 6) is -2.04. The van der Waals surface area contributed by atoms with E-state index in [0.29, 0.717) is 16.5 Å². The summed E-state index contributed by atoms with van der Waals surface area (Å²) < 4.78 is 0. The highest BCUT2D eigenvalue weighted by molar-refractivity contribution is 7.17. The van der Waals surface area contributed by atoms with Crippen LogP contribution >= 0.6 is 11.3 Å². The van der Waals surface area contributed by atoms with Crippen LogP contribution in [0.4, 0.5) is 5.00 Å². The molecule has 0 unspecified atom stereocenters. The molecule has 0 radical (unpaired) electrons. The van der Waals surface area contributed by atoms with Gasteiger partial charge in [-0.2, -0.15) is 0 Å². The summed E-state index contributed by atoms with van der Waals surface area (Å²) in [6, 6.07) is 0.209. The molecule has 4 aliphatic carbocycles. The fourth-order valence-electron chi connectivity index (χ4n) is 6.12. The molecule has 5 atom stereocenters. The lowest BCUT2D eigenvalue weighted by Crippen LogP contribution is -2.37. The number of carboxylic acids is 1. The number of carbonyl (C=O) groups excluding carboxylic acids is 2. The summed E-state index contributed by atoms with van der Waals surface area (Å²) in [6.07, 6.45) is 11.8. The van der Waals surface area contributed by atoms with Crippen molar-refractivity contribution >= 4 is 34.1 Å². The minimum atomic E-state index is -0.907. The van der Waals surface area contributed by atoms with Gasteiger partial charge in [0.15, 0.2) is 0 Å². The molecule has 2 bridgehead atoms. The minimum absolute atomic E-state index is 0.0310. The van der Waals surface area contributed by atoms with E-state index < -0.39 is 17.8 Å². The highest BCUT2D eigenvalue weighted by Crippen LogP contribution is 2.49. The summed E-state index contributed by atoms with van der Waals surface area (Å²) in [4.78, 5) is 39.6. The van der Waals surface area contributed by atoms with Gasteiger partial charge >= 0.3 is 5.97 Å². The summed E-state index contributed by atoms with van der Waals surface area (Å²) in [7, 11) is 0. The van der Waals surface area contributed by atoms with Gasteiger partial charge < -0.3 is 15.7 Å². The van der Waals surface area contributed by atoms with Crippen LogP contribution < -0.4 is 10.6 Å². The van der Waals surface area contributed by atoms with Crippen molar-refractivity contribution in [2.24, 2.45) is 29.6 Å². The number of hydrogen-bond acceptors (Lipinski definition) is 4. The van der Waals surface area contributed by atoms with Crippen LogP contribution in [0.15, 0.2) is 12.2 Å². The van der Waals surface area contributed by atoms with Crippen molar-refractivity contribution in [1.29, 1.82) is 0 Å². The number of carbonyl (C=O) groups is 3. The molecule has 1 aromatic heterocycles. The Morgan fingerprint density at radius 3 is 2.48 bits per heavy atom. The van der Waals surface area contributed by atoms with E-state index in [9.17, 15) is 19.5 Å². The van der Waals surface area contributed by atoms with E-state index in [0.717, 1.165) is 56.9 Å². The first-order valence-corrected chi connectivity index (χ1v) is 12.4. The van der Waals surface area contributed by atoms with E-state index in [1.54, 1.807) is 0 Å². The number of rotatable bonds is 5. The zero-order valence-electron chi connectivity index (χ0n) is 17.9. The maximum Gasteiger partial charge on any atom is 0.307 e. The molecule has 5 rings (SSSR count). The van der Waals surface area contributed by atoms with Gasteiger partial charge in [-0.3, -0.25) is 14.4 Å². The van der Waals surface area contributed by atoms with Crippen molar-refractivity contribution in [3.8, 4) is 0 Å². The summed E-state index contributed by atoms with van der Waals surface area (Å²) >= 11 is 1.51. The van der Waals surface area contributed by atoms with Crippen molar-refractivity contribution in [2.45, 2.75) is 64.3 Å². The molecular weight excluding hydrogens is 412 g/mol. The van der Waals surface area contributed by atoms with Crippen LogP contribution in [0, 0.1) is 29.6 Å². The first-order valence-electron chi connectivity index (χ1n) is 11.6. The van der Waals surface area contributed by atoms with E-state index in [-0.39, 0.29) is 29.7 Å². The zero-order valence-corrected chi connectivity index (χ0v) is 18.7. The van der Waals surface area contributed by atoms with Crippen molar-refractivity contribution in [3.05, 3.63) is 28.2 Å². The quantitative estimate of drug-likeness (QED) is 0.601. The van der Waals surface area contributed by atoms with Gasteiger partial charge in [0.25, 0.3) is 5.91 Å². The molecule has 0 spiro atoms. The molecule has 2 fully saturated rings. The van der Waals surface area contributed by atoms with Gasteiger partial charge in [0.1, 0.15) is 5.00 Å². The number of amides is 2. The second-order valence-corrected chi connectivity index (χ2v) is 10.9. The van der Waals surface area contributed by atoms with Gasteiger partial charge in [0.2, 0.25) is 5.91 Å². The second-order valence-electron chi connectivity index (χ2n) is 9.84. The molecule has 2 saturated carbocycles. The maximum absolute atomic E-state index is 13.3. The molecule has 0 aromatic carbocycles. The summed E-state index contributed by atoms with van der Waals surface area (Å²) in [5, 5.41) is 16.5. The number of allylic oxidation sites excluding steroid dienone is 2. The highest BCUT2D eigenvalue weighted by Gasteiger charge is 2.51. The number of hydrogen-bond donors (Lipinski definition) is 3. The van der Waals surface area contributed by atoms with Crippen LogP contribution in [0.2, 0.25) is 0 Å². The Bertz CT molecular complexity index is 946. The lowest BCUT2D eigenvalue weighted by molar-refractivity contribution is -0.146. The van der Waals surface area contributed by atoms with Gasteiger partial charge in [-0.25, -0.2) is 0 Å². The monoisotopic (exact) mass is 442 g/mol. The van der Waals surface area contributed by atoms with Gasteiger partial charge in [-0.15, -0.1) is 11.3 Å². The fourth-order valence-corrected chi connectivity index (χ4v) is 7.53. The molecule has 1 heterocycles. The third kappa shape index (κ3) is 3.71. The first kappa shape index (κ1) is 20.7. The van der Waals surface area contributed by atoms with E-state index >= 15 is 0 Å². The standard InChI is InChI=1S/C24H30N2O4S/c1-12-6-9-16-17(10-12)31-23(20(16)22(28)25-15-4-2-3-5-15)26-21(27)18-13-7-8-14(11-13)19(18)24(29)30/h7-8,12-15,18-19H,2-6,9-11H2,1H3,(H,25,28)(H,26,27)(H,29,30)/t12-,13+,14+,18-,19+/m1/s1. The predicted molar refractivity (Wildman–Crippen MR) is 119 cm³/mol. The molecule has 3 N–H and O–H groups in total. The molecule has 6 nitrogen and oxygen atoms in total. The van der Waals surface area contributed by atoms with Gasteiger partial charge in [-0.05, 0) is 61.8 Å². The van der Waals surface area contributed by atoms with Gasteiger partial charge in [0.05, 0.1) is 17.4 Å². The molecule has 1 aromatic rings. The van der Waals surface area contributed by atoms with Crippen molar-refractivity contribution < 1.29 is 19.5 Å². The lowest BCUT2D eigenvalue weighted by atomic mass is 9.82. The van der Waals surface area contributed by atoms with Crippen LogP contribution in [0.1, 0.15) is 66.2 Å². The van der Waals surface area contributed by atoms with Crippen molar-refractivity contribution in [1.82, 2.24) is 5.32 Å². The number of aliphatic carboxylic acids is 1. The molecule has 0 aliphatic heterocycles. The van der Waals surface area contributed by atoms with Crippen molar-refractivity contribution in [3.63, 3.8) is 0 Å². The van der Waals surface area contributed by atoms with Crippen LogP contribution in [0.5, 0.6) is 0 Å². The van der Waals surface area contributed by atoms with E-state index in [1.807, 2.05) is 12.2 Å². The van der Waals surface area contributed by atoms with Crippen LogP contribution in [-0.4, -0.2) is 28.9 Å². The Kier molecular flexibility index (Phi) is 5.40. The van der Waals surface area contributed by atoms with Gasteiger partial charge in [0, 0.05) is 10.9 Å². The summed E-state index contributed by atoms with van der Waals surface area (Å²) in [6.45, 7) is 2.22. The molecule has 4 aliphatic rings. The first-order chi connectivity index (χ1) is 14.9. The normalized spacial score (nSPS) is 31.6. The minimum Gasteiger partial charge on any atom is -0.481 e. The number of carboxylic acid groups (broad SMARTS) is 1. The smallest absolute Gasteiger partial charge is 0.307 e. The molecule has 0 saturated heterocycles. The van der Waals surface area contributed by atoms with E-state index in [4.69, 9.17) is 0 Å². The topological polar surface area (TPSA) is 95.5 Å². The Morgan fingerprint density at radius 2 is 1.77 bits per heavy atom. The Labute approximate surface area is 186 Å². The molecule has 166 valence electrons. The number of fused-ring (bicyclic) bond motifs is 3. The van der Waals surface area contributed by atoms with Crippen molar-refractivity contribution in [2.75, 3.05) is 5.32 Å². The predicted octanol–water partition coefficient (Wildman–Crippen LogP) is 4.01.